The van der Waals surface area contributed by atoms with Gasteiger partial charge in [-0.1, -0.05) is 25.1 Å². The van der Waals surface area contributed by atoms with Crippen molar-refractivity contribution in [2.75, 3.05) is 17.2 Å². The van der Waals surface area contributed by atoms with Crippen molar-refractivity contribution in [3.8, 4) is 0 Å². The number of anilines is 1. The van der Waals surface area contributed by atoms with E-state index in [-0.39, 0.29) is 6.04 Å². The third-order valence-electron chi connectivity index (χ3n) is 3.62. The van der Waals surface area contributed by atoms with Crippen molar-refractivity contribution < 1.29 is 0 Å². The zero-order valence-electron chi connectivity index (χ0n) is 10.9. The molecule has 1 aromatic rings. The van der Waals surface area contributed by atoms with Crippen LogP contribution in [0, 0.1) is 0 Å². The Bertz CT molecular complexity index is 378. The van der Waals surface area contributed by atoms with Gasteiger partial charge in [-0.3, -0.25) is 0 Å². The number of rotatable bonds is 2. The highest BCUT2D eigenvalue weighted by Gasteiger charge is 2.26. The van der Waals surface area contributed by atoms with Gasteiger partial charge in [-0.15, -0.1) is 0 Å². The van der Waals surface area contributed by atoms with E-state index < -0.39 is 0 Å². The Hall–Kier alpha value is -0.670. The first-order chi connectivity index (χ1) is 8.11. The first-order valence-electron chi connectivity index (χ1n) is 6.34. The fourth-order valence-corrected chi connectivity index (χ4v) is 3.51. The zero-order valence-corrected chi connectivity index (χ0v) is 11.7. The average Bonchev–Trinajstić information content (AvgIpc) is 2.33. The number of thioether (sulfide) groups is 1. The van der Waals surface area contributed by atoms with E-state index in [1.165, 1.54) is 17.0 Å². The second kappa shape index (κ2) is 5.32. The van der Waals surface area contributed by atoms with Gasteiger partial charge in [0, 0.05) is 35.3 Å². The highest BCUT2D eigenvalue weighted by atomic mass is 32.2. The Balaban J connectivity index is 2.32. The third kappa shape index (κ3) is 2.61. The van der Waals surface area contributed by atoms with Crippen LogP contribution in [-0.4, -0.2) is 23.6 Å². The molecule has 94 valence electrons. The number of hydrogen-bond donors (Lipinski definition) is 1. The second-order valence-corrected chi connectivity index (χ2v) is 6.34. The van der Waals surface area contributed by atoms with Crippen LogP contribution in [0.2, 0.25) is 0 Å². The summed E-state index contributed by atoms with van der Waals surface area (Å²) in [6, 6.07) is 9.23. The molecule has 2 rings (SSSR count). The SMILES string of the molecule is CC(N)c1ccccc1N1CCSC(C)C1C. The molecular formula is C14H22N2S. The summed E-state index contributed by atoms with van der Waals surface area (Å²) in [5.74, 6) is 1.21. The van der Waals surface area contributed by atoms with E-state index in [1.54, 1.807) is 0 Å². The number of nitrogens with zero attached hydrogens (tertiary/aromatic N) is 1. The van der Waals surface area contributed by atoms with Gasteiger partial charge < -0.3 is 10.6 Å². The van der Waals surface area contributed by atoms with Crippen LogP contribution in [0.1, 0.15) is 32.4 Å². The molecule has 2 N–H and O–H groups in total. The Morgan fingerprint density at radius 2 is 2.06 bits per heavy atom. The number of hydrogen-bond acceptors (Lipinski definition) is 3. The molecule has 0 saturated carbocycles. The molecule has 1 aliphatic heterocycles. The average molecular weight is 250 g/mol. The van der Waals surface area contributed by atoms with Gasteiger partial charge in [0.25, 0.3) is 0 Å². The molecule has 1 saturated heterocycles. The molecule has 3 heteroatoms. The molecule has 1 aromatic carbocycles. The Kier molecular flexibility index (Phi) is 4.00. The molecule has 0 radical (unpaired) electrons. The summed E-state index contributed by atoms with van der Waals surface area (Å²) in [5, 5.41) is 0.685. The van der Waals surface area contributed by atoms with Crippen LogP contribution >= 0.6 is 11.8 Å². The molecule has 1 aliphatic rings. The van der Waals surface area contributed by atoms with Crippen LogP contribution in [0.15, 0.2) is 24.3 Å². The molecule has 0 amide bonds. The molecule has 1 heterocycles. The number of nitrogens with two attached hydrogens (primary N) is 1. The van der Waals surface area contributed by atoms with E-state index in [9.17, 15) is 0 Å². The van der Waals surface area contributed by atoms with Crippen molar-refractivity contribution in [2.45, 2.75) is 38.1 Å². The minimum atomic E-state index is 0.100. The predicted molar refractivity (Wildman–Crippen MR) is 77.8 cm³/mol. The number of para-hydroxylation sites is 1. The van der Waals surface area contributed by atoms with E-state index in [0.29, 0.717) is 11.3 Å². The Labute approximate surface area is 109 Å². The minimum Gasteiger partial charge on any atom is -0.367 e. The van der Waals surface area contributed by atoms with Crippen LogP contribution in [0.3, 0.4) is 0 Å². The lowest BCUT2D eigenvalue weighted by Crippen LogP contribution is -2.45. The van der Waals surface area contributed by atoms with Gasteiger partial charge in [-0.05, 0) is 25.5 Å². The molecule has 2 nitrogen and oxygen atoms in total. The van der Waals surface area contributed by atoms with Crippen LogP contribution in [0.25, 0.3) is 0 Å². The van der Waals surface area contributed by atoms with Crippen molar-refractivity contribution in [3.05, 3.63) is 29.8 Å². The van der Waals surface area contributed by atoms with Crippen LogP contribution in [-0.2, 0) is 0 Å². The number of benzene rings is 1. The van der Waals surface area contributed by atoms with Crippen LogP contribution < -0.4 is 10.6 Å². The summed E-state index contributed by atoms with van der Waals surface area (Å²) in [4.78, 5) is 2.51. The molecular weight excluding hydrogens is 228 g/mol. The topological polar surface area (TPSA) is 29.3 Å². The zero-order chi connectivity index (χ0) is 12.4. The van der Waals surface area contributed by atoms with Gasteiger partial charge in [-0.2, -0.15) is 11.8 Å². The lowest BCUT2D eigenvalue weighted by molar-refractivity contribution is 0.621. The lowest BCUT2D eigenvalue weighted by atomic mass is 10.0. The summed E-state index contributed by atoms with van der Waals surface area (Å²) in [5.41, 5.74) is 8.65. The summed E-state index contributed by atoms with van der Waals surface area (Å²) in [6.07, 6.45) is 0. The molecule has 1 fully saturated rings. The minimum absolute atomic E-state index is 0.100. The fraction of sp³-hybridized carbons (Fsp3) is 0.571. The molecule has 3 unspecified atom stereocenters. The van der Waals surface area contributed by atoms with E-state index in [2.05, 4.69) is 61.7 Å². The molecule has 0 aliphatic carbocycles. The van der Waals surface area contributed by atoms with Crippen molar-refractivity contribution in [3.63, 3.8) is 0 Å². The Morgan fingerprint density at radius 3 is 2.76 bits per heavy atom. The monoisotopic (exact) mass is 250 g/mol. The first kappa shape index (κ1) is 12.8. The maximum Gasteiger partial charge on any atom is 0.0417 e. The highest BCUT2D eigenvalue weighted by molar-refractivity contribution is 8.00. The van der Waals surface area contributed by atoms with Crippen LogP contribution in [0.4, 0.5) is 5.69 Å². The maximum atomic E-state index is 6.07. The molecule has 17 heavy (non-hydrogen) atoms. The summed E-state index contributed by atoms with van der Waals surface area (Å²) >= 11 is 2.07. The Morgan fingerprint density at radius 1 is 1.35 bits per heavy atom. The standard InChI is InChI=1S/C14H22N2S/c1-10(15)13-6-4-5-7-14(13)16-8-9-17-12(3)11(16)2/h4-7,10-12H,8-9,15H2,1-3H3. The van der Waals surface area contributed by atoms with Crippen molar-refractivity contribution in [1.29, 1.82) is 0 Å². The highest BCUT2D eigenvalue weighted by Crippen LogP contribution is 2.32. The maximum absolute atomic E-state index is 6.07. The van der Waals surface area contributed by atoms with Gasteiger partial charge in [0.15, 0.2) is 0 Å². The molecule has 0 aromatic heterocycles. The predicted octanol–water partition coefficient (Wildman–Crippen LogP) is 3.04. The molecule has 3 atom stereocenters. The van der Waals surface area contributed by atoms with Crippen molar-refractivity contribution in [1.82, 2.24) is 0 Å². The molecule has 0 bridgehead atoms. The van der Waals surface area contributed by atoms with E-state index in [0.717, 1.165) is 6.54 Å². The van der Waals surface area contributed by atoms with Crippen LogP contribution in [0.5, 0.6) is 0 Å². The largest absolute Gasteiger partial charge is 0.367 e. The van der Waals surface area contributed by atoms with E-state index in [4.69, 9.17) is 5.73 Å². The van der Waals surface area contributed by atoms with Gasteiger partial charge in [0.1, 0.15) is 0 Å². The quantitative estimate of drug-likeness (QED) is 0.875. The van der Waals surface area contributed by atoms with E-state index in [1.807, 2.05) is 0 Å². The summed E-state index contributed by atoms with van der Waals surface area (Å²) in [7, 11) is 0. The summed E-state index contributed by atoms with van der Waals surface area (Å²) in [6.45, 7) is 7.82. The normalized spacial score (nSPS) is 26.9. The van der Waals surface area contributed by atoms with Crippen molar-refractivity contribution in [2.24, 2.45) is 5.73 Å². The van der Waals surface area contributed by atoms with E-state index >= 15 is 0 Å². The van der Waals surface area contributed by atoms with Gasteiger partial charge in [-0.25, -0.2) is 0 Å². The van der Waals surface area contributed by atoms with Gasteiger partial charge in [0.05, 0.1) is 0 Å². The third-order valence-corrected chi connectivity index (χ3v) is 4.96. The van der Waals surface area contributed by atoms with Gasteiger partial charge >= 0.3 is 0 Å². The first-order valence-corrected chi connectivity index (χ1v) is 7.39. The molecule has 0 spiro atoms. The summed E-state index contributed by atoms with van der Waals surface area (Å²) < 4.78 is 0. The second-order valence-electron chi connectivity index (χ2n) is 4.86. The van der Waals surface area contributed by atoms with Crippen molar-refractivity contribution >= 4 is 17.4 Å². The fourth-order valence-electron chi connectivity index (χ4n) is 2.41. The van der Waals surface area contributed by atoms with Gasteiger partial charge in [0.2, 0.25) is 0 Å². The smallest absolute Gasteiger partial charge is 0.0417 e. The lowest BCUT2D eigenvalue weighted by Gasteiger charge is -2.40.